The molecule has 1 heterocycles. The maximum atomic E-state index is 11.8. The van der Waals surface area contributed by atoms with Crippen molar-refractivity contribution < 1.29 is 4.79 Å². The summed E-state index contributed by atoms with van der Waals surface area (Å²) in [6.45, 7) is -0.112. The lowest BCUT2D eigenvalue weighted by atomic mass is 10.3. The van der Waals surface area contributed by atoms with Crippen LogP contribution in [0, 0.1) is 0 Å². The highest BCUT2D eigenvalue weighted by molar-refractivity contribution is 9.10. The van der Waals surface area contributed by atoms with Gasteiger partial charge in [-0.1, -0.05) is 27.5 Å². The zero-order chi connectivity index (χ0) is 13.8. The van der Waals surface area contributed by atoms with Crippen molar-refractivity contribution in [3.63, 3.8) is 0 Å². The van der Waals surface area contributed by atoms with Gasteiger partial charge in [0.25, 0.3) is 5.56 Å². The lowest BCUT2D eigenvalue weighted by molar-refractivity contribution is -0.116. The van der Waals surface area contributed by atoms with Crippen LogP contribution in [0.15, 0.2) is 45.9 Å². The third-order valence-corrected chi connectivity index (χ3v) is 3.02. The Hall–Kier alpha value is -1.66. The molecule has 0 bridgehead atoms. The third kappa shape index (κ3) is 3.90. The largest absolute Gasteiger partial charge is 0.325 e. The summed E-state index contributed by atoms with van der Waals surface area (Å²) in [5, 5.41) is 2.79. The van der Waals surface area contributed by atoms with Gasteiger partial charge in [-0.15, -0.1) is 0 Å². The number of hydrogen-bond acceptors (Lipinski definition) is 3. The van der Waals surface area contributed by atoms with E-state index in [9.17, 15) is 9.59 Å². The van der Waals surface area contributed by atoms with E-state index in [1.807, 2.05) is 12.1 Å². The summed E-state index contributed by atoms with van der Waals surface area (Å²) in [4.78, 5) is 27.0. The number of nitrogens with one attached hydrogen (secondary N) is 1. The van der Waals surface area contributed by atoms with Gasteiger partial charge in [0, 0.05) is 16.2 Å². The molecule has 0 aliphatic heterocycles. The number of carbonyl (C=O) groups is 1. The highest BCUT2D eigenvalue weighted by Gasteiger charge is 2.05. The minimum absolute atomic E-state index is 0.106. The number of amides is 1. The Morgan fingerprint density at radius 1 is 1.37 bits per heavy atom. The molecular weight excluding hydrogens is 334 g/mol. The fourth-order valence-corrected chi connectivity index (χ4v) is 1.81. The van der Waals surface area contributed by atoms with Gasteiger partial charge in [0.2, 0.25) is 5.91 Å². The van der Waals surface area contributed by atoms with Crippen LogP contribution < -0.4 is 10.9 Å². The van der Waals surface area contributed by atoms with E-state index in [4.69, 9.17) is 11.6 Å². The predicted octanol–water partition coefficient (Wildman–Crippen LogP) is 2.30. The highest BCUT2D eigenvalue weighted by atomic mass is 79.9. The quantitative estimate of drug-likeness (QED) is 0.871. The molecule has 1 aromatic heterocycles. The normalized spacial score (nSPS) is 10.2. The lowest BCUT2D eigenvalue weighted by Gasteiger charge is -2.07. The van der Waals surface area contributed by atoms with Crippen molar-refractivity contribution in [2.75, 3.05) is 5.32 Å². The summed E-state index contributed by atoms with van der Waals surface area (Å²) in [7, 11) is 0. The van der Waals surface area contributed by atoms with Crippen molar-refractivity contribution >= 4 is 39.1 Å². The number of benzene rings is 1. The van der Waals surface area contributed by atoms with E-state index >= 15 is 0 Å². The van der Waals surface area contributed by atoms with Crippen LogP contribution in [0.25, 0.3) is 0 Å². The smallest absolute Gasteiger partial charge is 0.255 e. The van der Waals surface area contributed by atoms with Crippen LogP contribution >= 0.6 is 27.5 Å². The molecule has 0 aliphatic rings. The van der Waals surface area contributed by atoms with E-state index < -0.39 is 0 Å². The average molecular weight is 343 g/mol. The molecular formula is C12H9BrClN3O2. The van der Waals surface area contributed by atoms with Gasteiger partial charge in [0.1, 0.15) is 11.7 Å². The number of carbonyl (C=O) groups excluding carboxylic acids is 1. The van der Waals surface area contributed by atoms with Gasteiger partial charge in [-0.3, -0.25) is 14.2 Å². The summed E-state index contributed by atoms with van der Waals surface area (Å²) in [6.07, 6.45) is 1.24. The number of halogens is 2. The first-order chi connectivity index (χ1) is 9.04. The second-order valence-corrected chi connectivity index (χ2v) is 5.04. The number of aromatic nitrogens is 2. The minimum Gasteiger partial charge on any atom is -0.325 e. The van der Waals surface area contributed by atoms with E-state index in [0.29, 0.717) is 5.69 Å². The molecule has 0 spiro atoms. The second kappa shape index (κ2) is 5.99. The number of nitrogens with zero attached hydrogens (tertiary/aromatic N) is 2. The number of hydrogen-bond donors (Lipinski definition) is 1. The summed E-state index contributed by atoms with van der Waals surface area (Å²) in [5.41, 5.74) is 0.286. The van der Waals surface area contributed by atoms with Crippen molar-refractivity contribution in [1.29, 1.82) is 0 Å². The standard InChI is InChI=1S/C12H9BrClN3O2/c13-8-1-3-9(4-2-8)16-11(18)6-17-7-15-10(14)5-12(17)19/h1-5,7H,6H2,(H,16,18). The Morgan fingerprint density at radius 3 is 2.68 bits per heavy atom. The molecule has 2 rings (SSSR count). The van der Waals surface area contributed by atoms with Gasteiger partial charge in [-0.25, -0.2) is 4.98 Å². The van der Waals surface area contributed by atoms with Crippen LogP contribution in [0.2, 0.25) is 5.15 Å². The monoisotopic (exact) mass is 341 g/mol. The summed E-state index contributed by atoms with van der Waals surface area (Å²) < 4.78 is 2.10. The van der Waals surface area contributed by atoms with Gasteiger partial charge >= 0.3 is 0 Å². The Balaban J connectivity index is 2.05. The van der Waals surface area contributed by atoms with E-state index in [-0.39, 0.29) is 23.2 Å². The number of anilines is 1. The van der Waals surface area contributed by atoms with Crippen molar-refractivity contribution in [3.8, 4) is 0 Å². The fraction of sp³-hybridized carbons (Fsp3) is 0.0833. The molecule has 0 saturated heterocycles. The first kappa shape index (κ1) is 13.8. The van der Waals surface area contributed by atoms with Gasteiger partial charge in [-0.2, -0.15) is 0 Å². The number of rotatable bonds is 3. The predicted molar refractivity (Wildman–Crippen MR) is 76.3 cm³/mol. The zero-order valence-electron chi connectivity index (χ0n) is 9.64. The van der Waals surface area contributed by atoms with Gasteiger partial charge < -0.3 is 5.32 Å². The highest BCUT2D eigenvalue weighted by Crippen LogP contribution is 2.13. The fourth-order valence-electron chi connectivity index (χ4n) is 1.41. The molecule has 0 aliphatic carbocycles. The van der Waals surface area contributed by atoms with E-state index in [1.165, 1.54) is 10.9 Å². The van der Waals surface area contributed by atoms with Crippen LogP contribution in [0.3, 0.4) is 0 Å². The van der Waals surface area contributed by atoms with Crippen molar-refractivity contribution in [2.24, 2.45) is 0 Å². The maximum Gasteiger partial charge on any atom is 0.255 e. The molecule has 0 unspecified atom stereocenters. The van der Waals surface area contributed by atoms with Crippen molar-refractivity contribution in [2.45, 2.75) is 6.54 Å². The van der Waals surface area contributed by atoms with Crippen molar-refractivity contribution in [1.82, 2.24) is 9.55 Å². The van der Waals surface area contributed by atoms with E-state index in [0.717, 1.165) is 10.5 Å². The lowest BCUT2D eigenvalue weighted by Crippen LogP contribution is -2.27. The van der Waals surface area contributed by atoms with Gasteiger partial charge in [-0.05, 0) is 24.3 Å². The molecule has 98 valence electrons. The van der Waals surface area contributed by atoms with E-state index in [2.05, 4.69) is 26.2 Å². The van der Waals surface area contributed by atoms with Crippen LogP contribution in [-0.2, 0) is 11.3 Å². The Kier molecular flexibility index (Phi) is 4.34. The molecule has 0 saturated carbocycles. The molecule has 1 amide bonds. The molecule has 5 nitrogen and oxygen atoms in total. The molecule has 7 heteroatoms. The van der Waals surface area contributed by atoms with Crippen LogP contribution in [0.1, 0.15) is 0 Å². The topological polar surface area (TPSA) is 64.0 Å². The van der Waals surface area contributed by atoms with Crippen LogP contribution in [0.4, 0.5) is 5.69 Å². The second-order valence-electron chi connectivity index (χ2n) is 3.73. The first-order valence-corrected chi connectivity index (χ1v) is 6.49. The summed E-state index contributed by atoms with van der Waals surface area (Å²) >= 11 is 8.87. The zero-order valence-corrected chi connectivity index (χ0v) is 12.0. The molecule has 0 atom stereocenters. The molecule has 1 N–H and O–H groups in total. The first-order valence-electron chi connectivity index (χ1n) is 5.32. The summed E-state index contributed by atoms with van der Waals surface area (Å²) in [6, 6.07) is 8.29. The summed E-state index contributed by atoms with van der Waals surface area (Å²) in [5.74, 6) is -0.312. The Morgan fingerprint density at radius 2 is 2.05 bits per heavy atom. The average Bonchev–Trinajstić information content (AvgIpc) is 2.36. The molecule has 2 aromatic rings. The van der Waals surface area contributed by atoms with Crippen LogP contribution in [0.5, 0.6) is 0 Å². The van der Waals surface area contributed by atoms with Gasteiger partial charge in [0.05, 0.1) is 6.33 Å². The van der Waals surface area contributed by atoms with Crippen LogP contribution in [-0.4, -0.2) is 15.5 Å². The Labute approximate surface area is 122 Å². The molecule has 0 fully saturated rings. The SMILES string of the molecule is O=C(Cn1cnc(Cl)cc1=O)Nc1ccc(Br)cc1. The Bertz CT molecular complexity index is 655. The molecule has 0 radical (unpaired) electrons. The molecule has 19 heavy (non-hydrogen) atoms. The van der Waals surface area contributed by atoms with E-state index in [1.54, 1.807) is 12.1 Å². The van der Waals surface area contributed by atoms with Gasteiger partial charge in [0.15, 0.2) is 0 Å². The minimum atomic E-state index is -0.369. The van der Waals surface area contributed by atoms with Crippen molar-refractivity contribution in [3.05, 3.63) is 56.6 Å². The maximum absolute atomic E-state index is 11.8. The molecule has 1 aromatic carbocycles. The third-order valence-electron chi connectivity index (χ3n) is 2.29.